The first-order chi connectivity index (χ1) is 8.53. The number of rotatable bonds is 2. The van der Waals surface area contributed by atoms with Gasteiger partial charge in [0.1, 0.15) is 0 Å². The molecule has 0 bridgehead atoms. The lowest BCUT2D eigenvalue weighted by atomic mass is 10.4. The highest BCUT2D eigenvalue weighted by Gasteiger charge is 2.27. The van der Waals surface area contributed by atoms with Gasteiger partial charge in [0.05, 0.1) is 14.4 Å². The van der Waals surface area contributed by atoms with Crippen molar-refractivity contribution < 1.29 is 8.42 Å². The van der Waals surface area contributed by atoms with E-state index in [9.17, 15) is 8.42 Å². The quantitative estimate of drug-likeness (QED) is 0.845. The van der Waals surface area contributed by atoms with E-state index in [-0.39, 0.29) is 17.3 Å². The highest BCUT2D eigenvalue weighted by molar-refractivity contribution is 9.10. The number of hydrogen-bond acceptors (Lipinski definition) is 3. The summed E-state index contributed by atoms with van der Waals surface area (Å²) in [6, 6.07) is 4.88. The Labute approximate surface area is 133 Å². The maximum atomic E-state index is 12.5. The first kappa shape index (κ1) is 17.2. The predicted molar refractivity (Wildman–Crippen MR) is 82.6 cm³/mol. The van der Waals surface area contributed by atoms with E-state index in [1.165, 1.54) is 4.31 Å². The van der Waals surface area contributed by atoms with Crippen LogP contribution in [-0.4, -0.2) is 38.9 Å². The first-order valence-corrected chi connectivity index (χ1v) is 8.29. The Kier molecular flexibility index (Phi) is 6.56. The van der Waals surface area contributed by atoms with Crippen LogP contribution in [0.3, 0.4) is 0 Å². The number of benzene rings is 1. The van der Waals surface area contributed by atoms with Crippen molar-refractivity contribution in [1.29, 1.82) is 0 Å². The lowest BCUT2D eigenvalue weighted by molar-refractivity contribution is 0.431. The number of sulfonamides is 1. The molecule has 108 valence electrons. The summed E-state index contributed by atoms with van der Waals surface area (Å²) in [5.74, 6) is 0. The van der Waals surface area contributed by atoms with Crippen LogP contribution in [0.5, 0.6) is 0 Å². The summed E-state index contributed by atoms with van der Waals surface area (Å²) in [5, 5.41) is 3.59. The van der Waals surface area contributed by atoms with Crippen LogP contribution < -0.4 is 5.32 Å². The summed E-state index contributed by atoms with van der Waals surface area (Å²) in [5.41, 5.74) is 0. The fourth-order valence-electron chi connectivity index (χ4n) is 1.88. The minimum atomic E-state index is -3.48. The molecule has 0 atom stereocenters. The van der Waals surface area contributed by atoms with Crippen LogP contribution in [0.25, 0.3) is 0 Å². The molecule has 1 aliphatic heterocycles. The van der Waals surface area contributed by atoms with Gasteiger partial charge in [0.2, 0.25) is 10.0 Å². The molecule has 8 heteroatoms. The summed E-state index contributed by atoms with van der Waals surface area (Å²) in [6.45, 7) is 2.55. The van der Waals surface area contributed by atoms with Crippen molar-refractivity contribution in [2.45, 2.75) is 11.3 Å². The number of halogens is 3. The fraction of sp³-hybridized carbons (Fsp3) is 0.455. The molecule has 1 saturated heterocycles. The summed E-state index contributed by atoms with van der Waals surface area (Å²) >= 11 is 9.20. The van der Waals surface area contributed by atoms with E-state index in [1.807, 2.05) is 0 Å². The van der Waals surface area contributed by atoms with E-state index in [1.54, 1.807) is 18.2 Å². The van der Waals surface area contributed by atoms with Crippen LogP contribution in [0, 0.1) is 0 Å². The number of hydrogen-bond donors (Lipinski definition) is 1. The summed E-state index contributed by atoms with van der Waals surface area (Å²) in [6.07, 6.45) is 0.817. The molecule has 1 fully saturated rings. The molecule has 1 aliphatic rings. The van der Waals surface area contributed by atoms with Gasteiger partial charge < -0.3 is 5.32 Å². The molecule has 19 heavy (non-hydrogen) atoms. The molecule has 1 aromatic rings. The zero-order valence-corrected chi connectivity index (χ0v) is 14.1. The van der Waals surface area contributed by atoms with Gasteiger partial charge in [-0.2, -0.15) is 4.31 Å². The van der Waals surface area contributed by atoms with Gasteiger partial charge >= 0.3 is 0 Å². The van der Waals surface area contributed by atoms with Crippen LogP contribution in [-0.2, 0) is 10.0 Å². The number of nitrogens with one attached hydrogen (secondary N) is 1. The van der Waals surface area contributed by atoms with Gasteiger partial charge in [-0.1, -0.05) is 17.7 Å². The van der Waals surface area contributed by atoms with Crippen molar-refractivity contribution in [3.63, 3.8) is 0 Å². The largest absolute Gasteiger partial charge is 0.315 e. The summed E-state index contributed by atoms with van der Waals surface area (Å²) < 4.78 is 27.0. The van der Waals surface area contributed by atoms with E-state index in [0.29, 0.717) is 29.1 Å². The highest BCUT2D eigenvalue weighted by Crippen LogP contribution is 2.31. The number of nitrogens with zero attached hydrogens (tertiary/aromatic N) is 1. The zero-order valence-electron chi connectivity index (χ0n) is 10.1. The average molecular weight is 390 g/mol. The highest BCUT2D eigenvalue weighted by atomic mass is 79.9. The molecule has 0 spiro atoms. The van der Waals surface area contributed by atoms with E-state index < -0.39 is 10.0 Å². The van der Waals surface area contributed by atoms with E-state index in [0.717, 1.165) is 13.0 Å². The van der Waals surface area contributed by atoms with Gasteiger partial charge in [-0.15, -0.1) is 12.4 Å². The molecule has 0 radical (unpaired) electrons. The second-order valence-electron chi connectivity index (χ2n) is 4.06. The van der Waals surface area contributed by atoms with Crippen LogP contribution in [0.2, 0.25) is 5.02 Å². The Morgan fingerprint density at radius 3 is 2.74 bits per heavy atom. The molecule has 0 aromatic heterocycles. The molecule has 1 N–H and O–H groups in total. The Hall–Kier alpha value is 0.150. The topological polar surface area (TPSA) is 49.4 Å². The second kappa shape index (κ2) is 7.24. The molecule has 1 aromatic carbocycles. The monoisotopic (exact) mass is 388 g/mol. The minimum absolute atomic E-state index is 0. The van der Waals surface area contributed by atoms with Crippen molar-refractivity contribution in [1.82, 2.24) is 9.62 Å². The second-order valence-corrected chi connectivity index (χ2v) is 7.17. The molecule has 0 unspecified atom stereocenters. The average Bonchev–Trinajstić information content (AvgIpc) is 2.61. The lowest BCUT2D eigenvalue weighted by Crippen LogP contribution is -2.34. The van der Waals surface area contributed by atoms with E-state index in [2.05, 4.69) is 21.2 Å². The molecular weight excluding hydrogens is 375 g/mol. The molecule has 0 amide bonds. The Morgan fingerprint density at radius 1 is 1.26 bits per heavy atom. The third-order valence-electron chi connectivity index (χ3n) is 2.83. The van der Waals surface area contributed by atoms with Gasteiger partial charge in [-0.25, -0.2) is 8.42 Å². The van der Waals surface area contributed by atoms with Crippen molar-refractivity contribution in [2.24, 2.45) is 0 Å². The smallest absolute Gasteiger partial charge is 0.244 e. The van der Waals surface area contributed by atoms with Crippen molar-refractivity contribution in [3.8, 4) is 0 Å². The lowest BCUT2D eigenvalue weighted by Gasteiger charge is -2.20. The molecular formula is C11H15BrCl2N2O2S. The van der Waals surface area contributed by atoms with Gasteiger partial charge in [0.15, 0.2) is 0 Å². The van der Waals surface area contributed by atoms with Crippen LogP contribution in [0.4, 0.5) is 0 Å². The molecule has 1 heterocycles. The summed E-state index contributed by atoms with van der Waals surface area (Å²) in [4.78, 5) is 0.233. The maximum absolute atomic E-state index is 12.5. The Morgan fingerprint density at radius 2 is 2.00 bits per heavy atom. The molecule has 2 rings (SSSR count). The summed E-state index contributed by atoms with van der Waals surface area (Å²) in [7, 11) is -3.48. The van der Waals surface area contributed by atoms with E-state index in [4.69, 9.17) is 11.6 Å². The Bertz CT molecular complexity index is 531. The fourth-order valence-corrected chi connectivity index (χ4v) is 4.56. The van der Waals surface area contributed by atoms with Gasteiger partial charge in [0.25, 0.3) is 0 Å². The van der Waals surface area contributed by atoms with Crippen LogP contribution in [0.1, 0.15) is 6.42 Å². The van der Waals surface area contributed by atoms with Crippen LogP contribution in [0.15, 0.2) is 27.6 Å². The van der Waals surface area contributed by atoms with Gasteiger partial charge in [-0.3, -0.25) is 0 Å². The zero-order chi connectivity index (χ0) is 13.2. The third-order valence-corrected chi connectivity index (χ3v) is 6.43. The van der Waals surface area contributed by atoms with Crippen molar-refractivity contribution in [2.75, 3.05) is 26.2 Å². The Balaban J connectivity index is 0.00000180. The van der Waals surface area contributed by atoms with Crippen molar-refractivity contribution >= 4 is 50.0 Å². The van der Waals surface area contributed by atoms with E-state index >= 15 is 0 Å². The molecule has 4 nitrogen and oxygen atoms in total. The SMILES string of the molecule is Cl.O=S(=O)(c1cccc(Cl)c1Br)N1CCCNCC1. The maximum Gasteiger partial charge on any atom is 0.244 e. The third kappa shape index (κ3) is 3.83. The normalized spacial score (nSPS) is 17.6. The van der Waals surface area contributed by atoms with Gasteiger partial charge in [0, 0.05) is 19.6 Å². The standard InChI is InChI=1S/C11H14BrClN2O2S.ClH/c12-11-9(13)3-1-4-10(11)18(16,17)15-7-2-5-14-6-8-15;/h1,3-4,14H,2,5-8H2;1H. The first-order valence-electron chi connectivity index (χ1n) is 5.68. The molecule has 0 aliphatic carbocycles. The predicted octanol–water partition coefficient (Wildman–Crippen LogP) is 2.51. The van der Waals surface area contributed by atoms with Gasteiger partial charge in [-0.05, 0) is 41.0 Å². The van der Waals surface area contributed by atoms with Crippen LogP contribution >= 0.6 is 39.9 Å². The molecule has 0 saturated carbocycles. The minimum Gasteiger partial charge on any atom is -0.315 e. The van der Waals surface area contributed by atoms with Crippen molar-refractivity contribution in [3.05, 3.63) is 27.7 Å².